The van der Waals surface area contributed by atoms with Gasteiger partial charge in [-0.05, 0) is 69.7 Å². The minimum atomic E-state index is -0.641. The maximum Gasteiger partial charge on any atom is 0.259 e. The minimum Gasteiger partial charge on any atom is -0.341 e. The Morgan fingerprint density at radius 1 is 0.957 bits per heavy atom. The Morgan fingerprint density at radius 2 is 1.67 bits per heavy atom. The van der Waals surface area contributed by atoms with E-state index in [9.17, 15) is 9.59 Å². The molecule has 2 aromatic heterocycles. The summed E-state index contributed by atoms with van der Waals surface area (Å²) in [4.78, 5) is 31.4. The lowest BCUT2D eigenvalue weighted by atomic mass is 9.89. The average Bonchev–Trinajstić information content (AvgIpc) is 3.73. The summed E-state index contributed by atoms with van der Waals surface area (Å²) < 4.78 is 16.8. The van der Waals surface area contributed by atoms with Gasteiger partial charge < -0.3 is 9.47 Å². The molecule has 1 amide bonds. The summed E-state index contributed by atoms with van der Waals surface area (Å²) in [6.07, 6.45) is 6.60. The predicted octanol–water partition coefficient (Wildman–Crippen LogP) is 5.74. The van der Waals surface area contributed by atoms with Gasteiger partial charge in [0.05, 0.1) is 29.0 Å². The minimum absolute atomic E-state index is 0.0254. The van der Waals surface area contributed by atoms with Crippen LogP contribution >= 0.6 is 0 Å². The van der Waals surface area contributed by atoms with Gasteiger partial charge in [-0.15, -0.1) is 0 Å². The fraction of sp³-hybridized carbons (Fsp3) is 0.472. The van der Waals surface area contributed by atoms with Crippen molar-refractivity contribution in [2.45, 2.75) is 109 Å². The highest BCUT2D eigenvalue weighted by Crippen LogP contribution is 2.51. The predicted molar refractivity (Wildman–Crippen MR) is 176 cm³/mol. The lowest BCUT2D eigenvalue weighted by Gasteiger charge is -2.37. The van der Waals surface area contributed by atoms with Crippen molar-refractivity contribution in [3.05, 3.63) is 87.6 Å². The summed E-state index contributed by atoms with van der Waals surface area (Å²) in [5.74, 6) is -0.186. The molecular weight excluding hydrogens is 580 g/mol. The van der Waals surface area contributed by atoms with Crippen molar-refractivity contribution in [1.29, 1.82) is 0 Å². The van der Waals surface area contributed by atoms with Crippen LogP contribution < -0.4 is 11.0 Å². The number of benzene rings is 2. The van der Waals surface area contributed by atoms with E-state index in [-0.39, 0.29) is 23.9 Å². The molecule has 0 radical (unpaired) electrons. The highest BCUT2D eigenvalue weighted by molar-refractivity contribution is 6.16. The number of carbonyl (C=O) groups is 1. The molecule has 7 rings (SSSR count). The van der Waals surface area contributed by atoms with Crippen molar-refractivity contribution in [3.63, 3.8) is 0 Å². The number of ether oxygens (including phenoxy) is 2. The molecule has 1 saturated carbocycles. The van der Waals surface area contributed by atoms with E-state index in [2.05, 4.69) is 85.6 Å². The summed E-state index contributed by atoms with van der Waals surface area (Å²) >= 11 is 0. The Kier molecular flexibility index (Phi) is 7.48. The number of hydrogen-bond acceptors (Lipinski definition) is 7. The number of hydrazone groups is 1. The molecule has 0 bridgehead atoms. The zero-order chi connectivity index (χ0) is 32.3. The fourth-order valence-electron chi connectivity index (χ4n) is 7.31. The van der Waals surface area contributed by atoms with Gasteiger partial charge in [-0.1, -0.05) is 55.8 Å². The van der Waals surface area contributed by atoms with Crippen LogP contribution in [0.15, 0.2) is 64.8 Å². The van der Waals surface area contributed by atoms with Gasteiger partial charge in [0.2, 0.25) is 11.7 Å². The standard InChI is InChI=1S/C36H42N6O4/c1-6-10-30-28(20-23-13-14-26(24-11-8-7-9-12-24)27(19-23)29-21-31(43)40-39-29)32(44)41(33-37-22-38-42(30)33)25-15-17-36(18-16-25)45-34(2,3)35(4,5)46-36/h7-9,11-14,19,22,25H,6,10,15-18,20-21H2,1-5H3,(H,40,43). The van der Waals surface area contributed by atoms with Crippen LogP contribution in [0.1, 0.15) is 102 Å². The molecule has 3 aliphatic rings. The van der Waals surface area contributed by atoms with Crippen LogP contribution in [-0.2, 0) is 27.1 Å². The number of carbonyl (C=O) groups excluding carboxylic acids is 1. The topological polar surface area (TPSA) is 112 Å². The quantitative estimate of drug-likeness (QED) is 0.281. The monoisotopic (exact) mass is 622 g/mol. The van der Waals surface area contributed by atoms with E-state index in [0.717, 1.165) is 52.8 Å². The maximum absolute atomic E-state index is 14.6. The fourth-order valence-corrected chi connectivity index (χ4v) is 7.31. The highest BCUT2D eigenvalue weighted by atomic mass is 16.8. The van der Waals surface area contributed by atoms with Gasteiger partial charge in [0, 0.05) is 36.4 Å². The van der Waals surface area contributed by atoms with Gasteiger partial charge in [0.15, 0.2) is 5.79 Å². The van der Waals surface area contributed by atoms with E-state index < -0.39 is 17.0 Å². The second-order valence-electron chi connectivity index (χ2n) is 13.9. The van der Waals surface area contributed by atoms with Gasteiger partial charge in [-0.25, -0.2) is 9.94 Å². The van der Waals surface area contributed by atoms with E-state index in [1.54, 1.807) is 6.33 Å². The van der Waals surface area contributed by atoms with Crippen molar-refractivity contribution in [2.75, 3.05) is 0 Å². The molecule has 1 spiro atoms. The first kappa shape index (κ1) is 30.5. The third kappa shape index (κ3) is 5.17. The lowest BCUT2D eigenvalue weighted by molar-refractivity contribution is -0.212. The van der Waals surface area contributed by atoms with Gasteiger partial charge in [-0.2, -0.15) is 15.2 Å². The van der Waals surface area contributed by atoms with E-state index in [1.807, 2.05) is 27.3 Å². The maximum atomic E-state index is 14.6. The van der Waals surface area contributed by atoms with Crippen molar-refractivity contribution in [1.82, 2.24) is 24.6 Å². The molecule has 2 aliphatic heterocycles. The molecule has 10 nitrogen and oxygen atoms in total. The number of aryl methyl sites for hydroxylation is 1. The zero-order valence-corrected chi connectivity index (χ0v) is 27.3. The van der Waals surface area contributed by atoms with E-state index >= 15 is 0 Å². The van der Waals surface area contributed by atoms with Gasteiger partial charge in [0.25, 0.3) is 5.56 Å². The largest absolute Gasteiger partial charge is 0.341 e. The van der Waals surface area contributed by atoms with Crippen molar-refractivity contribution in [3.8, 4) is 11.1 Å². The average molecular weight is 623 g/mol. The van der Waals surface area contributed by atoms with Crippen LogP contribution in [0.4, 0.5) is 0 Å². The van der Waals surface area contributed by atoms with Crippen LogP contribution in [0.2, 0.25) is 0 Å². The van der Waals surface area contributed by atoms with Crippen LogP contribution in [0.5, 0.6) is 0 Å². The summed E-state index contributed by atoms with van der Waals surface area (Å²) in [5, 5.41) is 8.97. The Bertz CT molecular complexity index is 1880. The summed E-state index contributed by atoms with van der Waals surface area (Å²) in [6, 6.07) is 16.3. The molecule has 4 aromatic rings. The number of hydrogen-bond donors (Lipinski definition) is 1. The number of aromatic nitrogens is 4. The molecule has 1 aliphatic carbocycles. The molecule has 4 heterocycles. The lowest BCUT2D eigenvalue weighted by Crippen LogP contribution is -2.41. The van der Waals surface area contributed by atoms with Crippen molar-refractivity contribution in [2.24, 2.45) is 5.10 Å². The molecule has 46 heavy (non-hydrogen) atoms. The SMILES string of the molecule is CCCc1c(Cc2ccc(-c3ccccc3)c(C3=NNC(=O)C3)c2)c(=O)n(C2CCC3(CC2)OC(C)(C)C(C)(C)O3)c2ncnn12. The second kappa shape index (κ2) is 11.3. The van der Waals surface area contributed by atoms with E-state index in [4.69, 9.17) is 9.47 Å². The van der Waals surface area contributed by atoms with Crippen molar-refractivity contribution >= 4 is 17.4 Å². The molecule has 1 saturated heterocycles. The molecule has 2 fully saturated rings. The van der Waals surface area contributed by atoms with Gasteiger partial charge >= 0.3 is 0 Å². The van der Waals surface area contributed by atoms with E-state index in [0.29, 0.717) is 37.2 Å². The molecule has 10 heteroatoms. The first-order valence-corrected chi connectivity index (χ1v) is 16.4. The van der Waals surface area contributed by atoms with Crippen LogP contribution in [0.25, 0.3) is 16.9 Å². The summed E-state index contributed by atoms with van der Waals surface area (Å²) in [7, 11) is 0. The number of rotatable bonds is 7. The zero-order valence-electron chi connectivity index (χ0n) is 27.3. The van der Waals surface area contributed by atoms with Crippen molar-refractivity contribution < 1.29 is 14.3 Å². The molecule has 1 N–H and O–H groups in total. The molecule has 240 valence electrons. The third-order valence-corrected chi connectivity index (χ3v) is 10.2. The van der Waals surface area contributed by atoms with Gasteiger partial charge in [-0.3, -0.25) is 14.2 Å². The first-order chi connectivity index (χ1) is 22.0. The molecule has 0 atom stereocenters. The smallest absolute Gasteiger partial charge is 0.259 e. The molecular formula is C36H42N6O4. The highest BCUT2D eigenvalue weighted by Gasteiger charge is 2.57. The Labute approximate surface area is 268 Å². The first-order valence-electron chi connectivity index (χ1n) is 16.4. The van der Waals surface area contributed by atoms with Crippen LogP contribution in [-0.4, -0.2) is 47.8 Å². The van der Waals surface area contributed by atoms with Crippen LogP contribution in [0, 0.1) is 0 Å². The molecule has 0 unspecified atom stereocenters. The number of nitrogens with zero attached hydrogens (tertiary/aromatic N) is 5. The number of fused-ring (bicyclic) bond motifs is 1. The number of nitrogens with one attached hydrogen (secondary N) is 1. The Hall–Kier alpha value is -4.15. The Morgan fingerprint density at radius 3 is 2.33 bits per heavy atom. The second-order valence-corrected chi connectivity index (χ2v) is 13.9. The van der Waals surface area contributed by atoms with Gasteiger partial charge in [0.1, 0.15) is 6.33 Å². The number of amides is 1. The van der Waals surface area contributed by atoms with Crippen LogP contribution in [0.3, 0.4) is 0 Å². The summed E-state index contributed by atoms with van der Waals surface area (Å²) in [6.45, 7) is 10.5. The summed E-state index contributed by atoms with van der Waals surface area (Å²) in [5.41, 5.74) is 7.96. The van der Waals surface area contributed by atoms with E-state index in [1.165, 1.54) is 0 Å². The Balaban J connectivity index is 1.27. The normalized spacial score (nSPS) is 20.4. The molecule has 2 aromatic carbocycles. The third-order valence-electron chi connectivity index (χ3n) is 10.2.